The topological polar surface area (TPSA) is 17.1 Å². The van der Waals surface area contributed by atoms with Gasteiger partial charge in [-0.25, -0.2) is 0 Å². The van der Waals surface area contributed by atoms with Crippen LogP contribution in [0.1, 0.15) is 19.3 Å². The highest BCUT2D eigenvalue weighted by atomic mass is 16.1. The third-order valence-electron chi connectivity index (χ3n) is 2.34. The van der Waals surface area contributed by atoms with Crippen LogP contribution in [0.15, 0.2) is 0 Å². The molecule has 0 unspecified atom stereocenters. The number of hydrogen-bond acceptors (Lipinski definition) is 1. The Hall–Kier alpha value is -0.330. The van der Waals surface area contributed by atoms with E-state index in [1.165, 1.54) is 19.3 Å². The first-order valence-electron chi connectivity index (χ1n) is 2.81. The van der Waals surface area contributed by atoms with Gasteiger partial charge in [-0.3, -0.25) is 0 Å². The fraction of sp³-hybridized carbons (Fsp3) is 0.833. The van der Waals surface area contributed by atoms with Crippen molar-refractivity contribution in [3.63, 3.8) is 0 Å². The summed E-state index contributed by atoms with van der Waals surface area (Å²) in [7, 11) is 0. The summed E-state index contributed by atoms with van der Waals surface area (Å²) in [5.41, 5.74) is 0.227. The van der Waals surface area contributed by atoms with Gasteiger partial charge in [0.2, 0.25) is 0 Å². The van der Waals surface area contributed by atoms with Crippen LogP contribution in [0, 0.1) is 11.3 Å². The van der Waals surface area contributed by atoms with Crippen LogP contribution in [-0.4, -0.2) is 6.29 Å². The van der Waals surface area contributed by atoms with Crippen molar-refractivity contribution in [3.8, 4) is 0 Å². The molecule has 3 aliphatic rings. The fourth-order valence-electron chi connectivity index (χ4n) is 1.69. The zero-order valence-corrected chi connectivity index (χ0v) is 4.18. The molecule has 1 heteroatoms. The van der Waals surface area contributed by atoms with Crippen molar-refractivity contribution in [1.82, 2.24) is 0 Å². The highest BCUT2D eigenvalue weighted by Crippen LogP contribution is 2.62. The predicted molar refractivity (Wildman–Crippen MR) is 25.8 cm³/mol. The minimum absolute atomic E-state index is 0.227. The van der Waals surface area contributed by atoms with Gasteiger partial charge in [0.05, 0.1) is 0 Å². The number of carbonyl (C=O) groups excluding carboxylic acids is 1. The van der Waals surface area contributed by atoms with Crippen molar-refractivity contribution < 1.29 is 4.79 Å². The van der Waals surface area contributed by atoms with E-state index >= 15 is 0 Å². The monoisotopic (exact) mass is 96.1 g/mol. The van der Waals surface area contributed by atoms with Crippen molar-refractivity contribution in [3.05, 3.63) is 0 Å². The summed E-state index contributed by atoms with van der Waals surface area (Å²) in [6.07, 6.45) is 4.76. The van der Waals surface area contributed by atoms with E-state index in [1.54, 1.807) is 0 Å². The second-order valence-corrected chi connectivity index (χ2v) is 2.96. The molecule has 1 nitrogen and oxygen atoms in total. The maximum atomic E-state index is 10.1. The molecule has 0 amide bonds. The molecule has 0 saturated heterocycles. The summed E-state index contributed by atoms with van der Waals surface area (Å²) in [6.45, 7) is 0. The average molecular weight is 96.1 g/mol. The third kappa shape index (κ3) is 0.245. The fourth-order valence-corrected chi connectivity index (χ4v) is 1.69. The van der Waals surface area contributed by atoms with E-state index in [2.05, 4.69) is 0 Å². The second kappa shape index (κ2) is 0.770. The van der Waals surface area contributed by atoms with Crippen LogP contribution < -0.4 is 0 Å². The summed E-state index contributed by atoms with van der Waals surface area (Å²) >= 11 is 0. The van der Waals surface area contributed by atoms with E-state index in [0.717, 1.165) is 12.2 Å². The Balaban J connectivity index is 2.16. The zero-order chi connectivity index (χ0) is 4.91. The zero-order valence-electron chi connectivity index (χ0n) is 4.18. The van der Waals surface area contributed by atoms with Gasteiger partial charge >= 0.3 is 0 Å². The molecular formula is C6H8O. The maximum Gasteiger partial charge on any atom is 0.126 e. The number of carbonyl (C=O) groups is 1. The summed E-state index contributed by atoms with van der Waals surface area (Å²) in [6, 6.07) is 0. The first-order chi connectivity index (χ1) is 3.35. The van der Waals surface area contributed by atoms with Crippen LogP contribution in [0.25, 0.3) is 0 Å². The molecule has 3 saturated carbocycles. The Labute approximate surface area is 42.7 Å². The lowest BCUT2D eigenvalue weighted by molar-refractivity contribution is -0.147. The van der Waals surface area contributed by atoms with E-state index in [1.807, 2.05) is 0 Å². The number of hydrogen-bond donors (Lipinski definition) is 0. The minimum atomic E-state index is 0.227. The van der Waals surface area contributed by atoms with Gasteiger partial charge in [0.15, 0.2) is 0 Å². The smallest absolute Gasteiger partial charge is 0.126 e. The van der Waals surface area contributed by atoms with Gasteiger partial charge in [-0.05, 0) is 25.2 Å². The molecule has 3 aliphatic carbocycles. The Morgan fingerprint density at radius 2 is 2.00 bits per heavy atom. The van der Waals surface area contributed by atoms with Crippen LogP contribution in [0.2, 0.25) is 0 Å². The molecule has 0 heterocycles. The molecule has 3 rings (SSSR count). The first kappa shape index (κ1) is 3.65. The molecule has 2 bridgehead atoms. The lowest BCUT2D eigenvalue weighted by Crippen LogP contribution is -2.52. The van der Waals surface area contributed by atoms with Gasteiger partial charge in [0, 0.05) is 5.41 Å². The van der Waals surface area contributed by atoms with Crippen LogP contribution in [0.5, 0.6) is 0 Å². The van der Waals surface area contributed by atoms with E-state index in [4.69, 9.17) is 0 Å². The SMILES string of the molecule is O=CC12CC(C1)C2. The van der Waals surface area contributed by atoms with E-state index in [0.29, 0.717) is 0 Å². The molecule has 0 spiro atoms. The normalized spacial score (nSPS) is 54.6. The standard InChI is InChI=1S/C6H8O/c7-4-6-1-5(2-6)3-6/h4-5H,1-3H2. The van der Waals surface area contributed by atoms with Crippen molar-refractivity contribution in [2.24, 2.45) is 11.3 Å². The molecule has 0 aromatic carbocycles. The lowest BCUT2D eigenvalue weighted by Gasteiger charge is -2.58. The predicted octanol–water partition coefficient (Wildman–Crippen LogP) is 0.985. The van der Waals surface area contributed by atoms with Crippen LogP contribution in [0.4, 0.5) is 0 Å². The largest absolute Gasteiger partial charge is 0.303 e. The van der Waals surface area contributed by atoms with Crippen molar-refractivity contribution in [2.75, 3.05) is 0 Å². The second-order valence-electron chi connectivity index (χ2n) is 2.96. The number of rotatable bonds is 1. The van der Waals surface area contributed by atoms with Gasteiger partial charge in [0.1, 0.15) is 6.29 Å². The van der Waals surface area contributed by atoms with Gasteiger partial charge in [0.25, 0.3) is 0 Å². The summed E-state index contributed by atoms with van der Waals surface area (Å²) in [4.78, 5) is 10.1. The van der Waals surface area contributed by atoms with Gasteiger partial charge in [-0.1, -0.05) is 0 Å². The van der Waals surface area contributed by atoms with Crippen LogP contribution in [-0.2, 0) is 4.79 Å². The highest BCUT2D eigenvalue weighted by molar-refractivity contribution is 5.64. The molecule has 3 fully saturated rings. The van der Waals surface area contributed by atoms with Crippen molar-refractivity contribution in [2.45, 2.75) is 19.3 Å². The molecular weight excluding hydrogens is 88.1 g/mol. The van der Waals surface area contributed by atoms with Crippen molar-refractivity contribution in [1.29, 1.82) is 0 Å². The molecule has 0 N–H and O–H groups in total. The van der Waals surface area contributed by atoms with E-state index in [9.17, 15) is 4.79 Å². The minimum Gasteiger partial charge on any atom is -0.303 e. The Morgan fingerprint density at radius 3 is 2.00 bits per heavy atom. The highest BCUT2D eigenvalue weighted by Gasteiger charge is 2.56. The molecule has 0 radical (unpaired) electrons. The lowest BCUT2D eigenvalue weighted by atomic mass is 9.45. The molecule has 0 aromatic rings. The van der Waals surface area contributed by atoms with Gasteiger partial charge in [-0.2, -0.15) is 0 Å². The van der Waals surface area contributed by atoms with Gasteiger partial charge < -0.3 is 4.79 Å². The van der Waals surface area contributed by atoms with E-state index < -0.39 is 0 Å². The van der Waals surface area contributed by atoms with Gasteiger partial charge in [-0.15, -0.1) is 0 Å². The maximum absolute atomic E-state index is 10.1. The van der Waals surface area contributed by atoms with Crippen LogP contribution in [0.3, 0.4) is 0 Å². The molecule has 0 aromatic heterocycles. The summed E-state index contributed by atoms with van der Waals surface area (Å²) in [5.74, 6) is 0.949. The number of aldehydes is 1. The average Bonchev–Trinajstić information content (AvgIpc) is 1.25. The van der Waals surface area contributed by atoms with E-state index in [-0.39, 0.29) is 5.41 Å². The van der Waals surface area contributed by atoms with Crippen molar-refractivity contribution >= 4 is 6.29 Å². The first-order valence-corrected chi connectivity index (χ1v) is 2.81. The Morgan fingerprint density at radius 1 is 1.43 bits per heavy atom. The molecule has 7 heavy (non-hydrogen) atoms. The molecule has 0 aliphatic heterocycles. The Kier molecular flexibility index (Phi) is 0.401. The molecule has 38 valence electrons. The quantitative estimate of drug-likeness (QED) is 0.445. The Bertz CT molecular complexity index is 100. The summed E-state index contributed by atoms with van der Waals surface area (Å²) in [5, 5.41) is 0. The summed E-state index contributed by atoms with van der Waals surface area (Å²) < 4.78 is 0. The van der Waals surface area contributed by atoms with Crippen LogP contribution >= 0.6 is 0 Å². The molecule has 0 atom stereocenters. The third-order valence-corrected chi connectivity index (χ3v) is 2.34.